The highest BCUT2D eigenvalue weighted by molar-refractivity contribution is 7.09. The zero-order valence-corrected chi connectivity index (χ0v) is 15.3. The van der Waals surface area contributed by atoms with Gasteiger partial charge in [-0.1, -0.05) is 18.6 Å². The van der Waals surface area contributed by atoms with Gasteiger partial charge in [-0.15, -0.1) is 11.3 Å². The smallest absolute Gasteiger partial charge is 0.254 e. The number of carbonyl (C=O) groups excluding carboxylic acids is 1. The molecular formula is C19H25N3OS. The van der Waals surface area contributed by atoms with E-state index in [1.165, 1.54) is 37.9 Å². The van der Waals surface area contributed by atoms with Crippen molar-refractivity contribution in [2.45, 2.75) is 38.8 Å². The fraction of sp³-hybridized carbons (Fsp3) is 0.474. The topological polar surface area (TPSA) is 36.4 Å². The minimum Gasteiger partial charge on any atom is -0.334 e. The summed E-state index contributed by atoms with van der Waals surface area (Å²) in [5.74, 6) is 0.0559. The lowest BCUT2D eigenvalue weighted by Crippen LogP contribution is -2.30. The number of benzene rings is 1. The van der Waals surface area contributed by atoms with Crippen molar-refractivity contribution in [1.82, 2.24) is 14.8 Å². The maximum atomic E-state index is 12.7. The molecule has 1 fully saturated rings. The monoisotopic (exact) mass is 343 g/mol. The van der Waals surface area contributed by atoms with Crippen molar-refractivity contribution in [3.63, 3.8) is 0 Å². The van der Waals surface area contributed by atoms with Crippen LogP contribution in [0.5, 0.6) is 0 Å². The lowest BCUT2D eigenvalue weighted by atomic mass is 10.1. The Labute approximate surface area is 148 Å². The van der Waals surface area contributed by atoms with Crippen molar-refractivity contribution in [2.24, 2.45) is 0 Å². The summed E-state index contributed by atoms with van der Waals surface area (Å²) in [5, 5.41) is 0. The molecule has 1 saturated heterocycles. The Hall–Kier alpha value is -1.72. The van der Waals surface area contributed by atoms with E-state index in [1.54, 1.807) is 21.7 Å². The van der Waals surface area contributed by atoms with E-state index < -0.39 is 0 Å². The second kappa shape index (κ2) is 7.90. The summed E-state index contributed by atoms with van der Waals surface area (Å²) in [6.07, 6.45) is 5.79. The van der Waals surface area contributed by atoms with Gasteiger partial charge in [0.05, 0.1) is 11.6 Å². The minimum atomic E-state index is 0.0398. The van der Waals surface area contributed by atoms with Crippen LogP contribution in [0.2, 0.25) is 0 Å². The summed E-state index contributed by atoms with van der Waals surface area (Å²) >= 11 is 1.58. The van der Waals surface area contributed by atoms with Crippen molar-refractivity contribution in [3.05, 3.63) is 52.0 Å². The number of thiazole rings is 1. The standard InChI is InChI=1S/C19H25N3OS/c1-15(18-12-20-14-24-18)21(2)19(23)17-8-6-16(7-9-17)13-22-10-4-3-5-11-22/h6-9,12,14-15H,3-5,10-11,13H2,1-2H3/t15-/m1/s1. The van der Waals surface area contributed by atoms with Crippen molar-refractivity contribution in [1.29, 1.82) is 0 Å². The van der Waals surface area contributed by atoms with Gasteiger partial charge in [0, 0.05) is 30.2 Å². The highest BCUT2D eigenvalue weighted by Gasteiger charge is 2.20. The second-order valence-corrected chi connectivity index (χ2v) is 7.45. The van der Waals surface area contributed by atoms with Crippen molar-refractivity contribution in [2.75, 3.05) is 20.1 Å². The molecule has 1 aliphatic heterocycles. The van der Waals surface area contributed by atoms with E-state index in [9.17, 15) is 4.79 Å². The van der Waals surface area contributed by atoms with E-state index in [-0.39, 0.29) is 11.9 Å². The predicted octanol–water partition coefficient (Wildman–Crippen LogP) is 3.96. The normalized spacial score (nSPS) is 16.8. The number of amides is 1. The molecule has 128 valence electrons. The highest BCUT2D eigenvalue weighted by atomic mass is 32.1. The van der Waals surface area contributed by atoms with Crippen LogP contribution in [0.3, 0.4) is 0 Å². The van der Waals surface area contributed by atoms with Gasteiger partial charge >= 0.3 is 0 Å². The Morgan fingerprint density at radius 1 is 1.25 bits per heavy atom. The Morgan fingerprint density at radius 3 is 2.58 bits per heavy atom. The molecule has 24 heavy (non-hydrogen) atoms. The first-order chi connectivity index (χ1) is 11.6. The second-order valence-electron chi connectivity index (χ2n) is 6.53. The van der Waals surface area contributed by atoms with Gasteiger partial charge in [0.15, 0.2) is 0 Å². The van der Waals surface area contributed by atoms with Gasteiger partial charge in [0.1, 0.15) is 0 Å². The largest absolute Gasteiger partial charge is 0.334 e. The van der Waals surface area contributed by atoms with Gasteiger partial charge < -0.3 is 4.90 Å². The van der Waals surface area contributed by atoms with Crippen LogP contribution in [0.25, 0.3) is 0 Å². The van der Waals surface area contributed by atoms with Gasteiger partial charge in [0.25, 0.3) is 5.91 Å². The van der Waals surface area contributed by atoms with Gasteiger partial charge in [-0.2, -0.15) is 0 Å². The Balaban J connectivity index is 1.62. The Morgan fingerprint density at radius 2 is 1.96 bits per heavy atom. The van der Waals surface area contributed by atoms with E-state index in [0.717, 1.165) is 17.0 Å². The molecule has 1 aliphatic rings. The molecule has 3 rings (SSSR count). The third-order valence-corrected chi connectivity index (χ3v) is 5.77. The molecule has 0 bridgehead atoms. The maximum absolute atomic E-state index is 12.7. The Bertz CT molecular complexity index is 648. The predicted molar refractivity (Wildman–Crippen MR) is 98.2 cm³/mol. The number of likely N-dealkylation sites (tertiary alicyclic amines) is 1. The summed E-state index contributed by atoms with van der Waals surface area (Å²) in [7, 11) is 1.86. The first-order valence-electron chi connectivity index (χ1n) is 8.62. The average molecular weight is 343 g/mol. The molecule has 1 atom stereocenters. The molecule has 5 heteroatoms. The lowest BCUT2D eigenvalue weighted by Gasteiger charge is -2.26. The van der Waals surface area contributed by atoms with Crippen LogP contribution in [0.15, 0.2) is 36.0 Å². The molecule has 1 aromatic carbocycles. The molecule has 1 aromatic heterocycles. The SMILES string of the molecule is C[C@H](c1cncs1)N(C)C(=O)c1ccc(CN2CCCCC2)cc1. The molecule has 2 aromatic rings. The number of carbonyl (C=O) groups is 1. The molecule has 0 aliphatic carbocycles. The first-order valence-corrected chi connectivity index (χ1v) is 9.50. The molecular weight excluding hydrogens is 318 g/mol. The molecule has 1 amide bonds. The Kier molecular flexibility index (Phi) is 5.63. The zero-order valence-electron chi connectivity index (χ0n) is 14.4. The van der Waals surface area contributed by atoms with E-state index >= 15 is 0 Å². The van der Waals surface area contributed by atoms with Crippen molar-refractivity contribution < 1.29 is 4.79 Å². The molecule has 0 spiro atoms. The molecule has 0 N–H and O–H groups in total. The van der Waals surface area contributed by atoms with Gasteiger partial charge in [-0.3, -0.25) is 14.7 Å². The molecule has 0 radical (unpaired) electrons. The van der Waals surface area contributed by atoms with Crippen LogP contribution < -0.4 is 0 Å². The minimum absolute atomic E-state index is 0.0398. The quantitative estimate of drug-likeness (QED) is 0.824. The van der Waals surface area contributed by atoms with Crippen molar-refractivity contribution in [3.8, 4) is 0 Å². The molecule has 4 nitrogen and oxygen atoms in total. The van der Waals surface area contributed by atoms with Crippen LogP contribution in [0.1, 0.15) is 53.0 Å². The van der Waals surface area contributed by atoms with E-state index in [1.807, 2.05) is 32.3 Å². The third-order valence-electron chi connectivity index (χ3n) is 4.82. The fourth-order valence-corrected chi connectivity index (χ4v) is 3.85. The highest BCUT2D eigenvalue weighted by Crippen LogP contribution is 2.23. The summed E-state index contributed by atoms with van der Waals surface area (Å²) in [4.78, 5) is 22.2. The number of hydrogen-bond acceptors (Lipinski definition) is 4. The number of piperidine rings is 1. The third kappa shape index (κ3) is 4.02. The zero-order chi connectivity index (χ0) is 16.9. The number of rotatable bonds is 5. The number of nitrogens with zero attached hydrogens (tertiary/aromatic N) is 3. The van der Waals surface area contributed by atoms with E-state index in [0.29, 0.717) is 0 Å². The molecule has 2 heterocycles. The van der Waals surface area contributed by atoms with Crippen LogP contribution in [-0.4, -0.2) is 40.8 Å². The summed E-state index contributed by atoms with van der Waals surface area (Å²) in [6, 6.07) is 8.13. The first kappa shape index (κ1) is 17.1. The molecule has 0 saturated carbocycles. The van der Waals surface area contributed by atoms with Gasteiger partial charge in [-0.25, -0.2) is 0 Å². The number of aromatic nitrogens is 1. The van der Waals surface area contributed by atoms with Crippen molar-refractivity contribution >= 4 is 17.2 Å². The van der Waals surface area contributed by atoms with Crippen LogP contribution in [0.4, 0.5) is 0 Å². The van der Waals surface area contributed by atoms with E-state index in [4.69, 9.17) is 0 Å². The molecule has 0 unspecified atom stereocenters. The van der Waals surface area contributed by atoms with Gasteiger partial charge in [-0.05, 0) is 50.6 Å². The van der Waals surface area contributed by atoms with Crippen LogP contribution in [-0.2, 0) is 6.54 Å². The fourth-order valence-electron chi connectivity index (χ4n) is 3.13. The lowest BCUT2D eigenvalue weighted by molar-refractivity contribution is 0.0745. The maximum Gasteiger partial charge on any atom is 0.254 e. The summed E-state index contributed by atoms with van der Waals surface area (Å²) < 4.78 is 0. The van der Waals surface area contributed by atoms with Gasteiger partial charge in [0.2, 0.25) is 0 Å². The van der Waals surface area contributed by atoms with Crippen LogP contribution in [0, 0.1) is 0 Å². The number of hydrogen-bond donors (Lipinski definition) is 0. The van der Waals surface area contributed by atoms with E-state index in [2.05, 4.69) is 22.0 Å². The summed E-state index contributed by atoms with van der Waals surface area (Å²) in [5.41, 5.74) is 3.84. The summed E-state index contributed by atoms with van der Waals surface area (Å²) in [6.45, 7) is 5.41. The average Bonchev–Trinajstić information content (AvgIpc) is 3.16. The van der Waals surface area contributed by atoms with Crippen LogP contribution >= 0.6 is 11.3 Å².